The Bertz CT molecular complexity index is 1230. The number of amides is 2. The zero-order valence-electron chi connectivity index (χ0n) is 19.9. The Morgan fingerprint density at radius 2 is 1.66 bits per heavy atom. The monoisotopic (exact) mass is 476 g/mol. The summed E-state index contributed by atoms with van der Waals surface area (Å²) in [6, 6.07) is 16.2. The number of aromatic carboxylic acids is 1. The van der Waals surface area contributed by atoms with Crippen molar-refractivity contribution in [1.29, 1.82) is 0 Å². The van der Waals surface area contributed by atoms with Crippen molar-refractivity contribution in [2.75, 3.05) is 11.9 Å². The molecule has 2 amide bonds. The van der Waals surface area contributed by atoms with Gasteiger partial charge in [0.15, 0.2) is 5.69 Å². The Balaban J connectivity index is 1.31. The van der Waals surface area contributed by atoms with E-state index in [9.17, 15) is 19.5 Å². The Morgan fingerprint density at radius 1 is 1.06 bits per heavy atom. The summed E-state index contributed by atoms with van der Waals surface area (Å²) in [5, 5.41) is 18.4. The Labute approximate surface area is 203 Å². The first-order valence-electron chi connectivity index (χ1n) is 11.3. The quantitative estimate of drug-likeness (QED) is 0.449. The number of rotatable bonds is 8. The fraction of sp³-hybridized carbons (Fsp3) is 0.308. The van der Waals surface area contributed by atoms with Gasteiger partial charge < -0.3 is 20.5 Å². The second kappa shape index (κ2) is 9.61. The largest absolute Gasteiger partial charge is 0.476 e. The molecule has 182 valence electrons. The second-order valence-electron chi connectivity index (χ2n) is 9.25. The average molecular weight is 477 g/mol. The molecule has 0 saturated heterocycles. The molecule has 0 aliphatic heterocycles. The highest BCUT2D eigenvalue weighted by Crippen LogP contribution is 2.44. The van der Waals surface area contributed by atoms with Gasteiger partial charge in [-0.2, -0.15) is 5.10 Å². The van der Waals surface area contributed by atoms with Crippen LogP contribution in [0.25, 0.3) is 11.1 Å². The van der Waals surface area contributed by atoms with Gasteiger partial charge >= 0.3 is 12.1 Å². The number of hydrogen-bond donors (Lipinski definition) is 3. The summed E-state index contributed by atoms with van der Waals surface area (Å²) in [5.74, 6) is -1.63. The van der Waals surface area contributed by atoms with E-state index < -0.39 is 17.6 Å². The molecule has 1 aliphatic rings. The van der Waals surface area contributed by atoms with Crippen molar-refractivity contribution in [3.05, 3.63) is 71.5 Å². The summed E-state index contributed by atoms with van der Waals surface area (Å²) >= 11 is 0. The van der Waals surface area contributed by atoms with Gasteiger partial charge in [0, 0.05) is 31.1 Å². The van der Waals surface area contributed by atoms with Crippen LogP contribution >= 0.6 is 0 Å². The molecule has 9 heteroatoms. The lowest BCUT2D eigenvalue weighted by Gasteiger charge is -2.26. The van der Waals surface area contributed by atoms with Crippen LogP contribution in [0.15, 0.2) is 54.7 Å². The van der Waals surface area contributed by atoms with Gasteiger partial charge in [0.05, 0.1) is 5.69 Å². The third-order valence-corrected chi connectivity index (χ3v) is 6.07. The van der Waals surface area contributed by atoms with Gasteiger partial charge in [0.1, 0.15) is 6.61 Å². The van der Waals surface area contributed by atoms with Crippen LogP contribution in [-0.2, 0) is 16.6 Å². The number of carboxylic acids is 1. The van der Waals surface area contributed by atoms with E-state index >= 15 is 0 Å². The maximum Gasteiger partial charge on any atom is 0.407 e. The minimum absolute atomic E-state index is 0.0371. The van der Waals surface area contributed by atoms with E-state index in [0.717, 1.165) is 22.3 Å². The summed E-state index contributed by atoms with van der Waals surface area (Å²) in [6.07, 6.45) is 1.27. The number of carbonyl (C=O) groups excluding carboxylic acids is 2. The highest BCUT2D eigenvalue weighted by molar-refractivity contribution is 5.99. The van der Waals surface area contributed by atoms with Gasteiger partial charge in [-0.1, -0.05) is 48.5 Å². The molecule has 0 bridgehead atoms. The van der Waals surface area contributed by atoms with E-state index in [2.05, 4.69) is 40.0 Å². The van der Waals surface area contributed by atoms with E-state index in [1.807, 2.05) is 24.3 Å². The molecule has 4 rings (SSSR count). The van der Waals surface area contributed by atoms with E-state index in [-0.39, 0.29) is 36.2 Å². The molecule has 1 aromatic heterocycles. The number of hydrogen-bond acceptors (Lipinski definition) is 5. The molecule has 35 heavy (non-hydrogen) atoms. The van der Waals surface area contributed by atoms with Crippen LogP contribution in [-0.4, -0.2) is 45.0 Å². The predicted molar refractivity (Wildman–Crippen MR) is 130 cm³/mol. The zero-order chi connectivity index (χ0) is 25.2. The van der Waals surface area contributed by atoms with Gasteiger partial charge in [-0.15, -0.1) is 0 Å². The summed E-state index contributed by atoms with van der Waals surface area (Å²) in [7, 11) is 1.57. The van der Waals surface area contributed by atoms with Gasteiger partial charge in [0.25, 0.3) is 0 Å². The lowest BCUT2D eigenvalue weighted by molar-refractivity contribution is -0.116. The average Bonchev–Trinajstić information content (AvgIpc) is 3.33. The smallest absolute Gasteiger partial charge is 0.407 e. The second-order valence-corrected chi connectivity index (χ2v) is 9.25. The highest BCUT2D eigenvalue weighted by atomic mass is 16.5. The van der Waals surface area contributed by atoms with Gasteiger partial charge in [-0.05, 0) is 42.5 Å². The maximum atomic E-state index is 12.6. The first kappa shape index (κ1) is 24.0. The summed E-state index contributed by atoms with van der Waals surface area (Å²) in [6.45, 7) is 3.80. The molecule has 0 spiro atoms. The molecule has 3 N–H and O–H groups in total. The molecule has 9 nitrogen and oxygen atoms in total. The number of benzene rings is 2. The van der Waals surface area contributed by atoms with Crippen molar-refractivity contribution in [2.24, 2.45) is 7.05 Å². The van der Waals surface area contributed by atoms with Crippen LogP contribution in [0.4, 0.5) is 10.5 Å². The fourth-order valence-corrected chi connectivity index (χ4v) is 4.35. The minimum atomic E-state index is -1.22. The van der Waals surface area contributed by atoms with Crippen LogP contribution in [0.1, 0.15) is 54.2 Å². The zero-order valence-corrected chi connectivity index (χ0v) is 19.9. The Morgan fingerprint density at radius 3 is 2.26 bits per heavy atom. The molecule has 0 saturated carbocycles. The van der Waals surface area contributed by atoms with Crippen LogP contribution in [0.3, 0.4) is 0 Å². The molecular weight excluding hydrogens is 448 g/mol. The Kier molecular flexibility index (Phi) is 6.59. The first-order valence-corrected chi connectivity index (χ1v) is 11.3. The van der Waals surface area contributed by atoms with Crippen molar-refractivity contribution in [3.8, 4) is 11.1 Å². The van der Waals surface area contributed by atoms with Crippen molar-refractivity contribution >= 4 is 23.7 Å². The normalized spacial score (nSPS) is 12.5. The molecular formula is C26H28N4O5. The van der Waals surface area contributed by atoms with Gasteiger partial charge in [-0.3, -0.25) is 9.48 Å². The van der Waals surface area contributed by atoms with Gasteiger partial charge in [0.2, 0.25) is 5.91 Å². The van der Waals surface area contributed by atoms with Gasteiger partial charge in [-0.25, -0.2) is 9.59 Å². The summed E-state index contributed by atoms with van der Waals surface area (Å²) in [5.41, 5.74) is 3.77. The summed E-state index contributed by atoms with van der Waals surface area (Å²) in [4.78, 5) is 36.2. The number of fused-ring (bicyclic) bond motifs is 3. The number of nitrogens with zero attached hydrogens (tertiary/aromatic N) is 2. The van der Waals surface area contributed by atoms with E-state index in [1.54, 1.807) is 20.9 Å². The lowest BCUT2D eigenvalue weighted by Crippen LogP contribution is -2.44. The number of ether oxygens (including phenoxy) is 1. The van der Waals surface area contributed by atoms with E-state index in [4.69, 9.17) is 4.74 Å². The number of aromatic nitrogens is 2. The topological polar surface area (TPSA) is 123 Å². The predicted octanol–water partition coefficient (Wildman–Crippen LogP) is 4.15. The SMILES string of the molecule is Cn1cc(NC(=O)CCC(C)(C)NC(=O)OCC2c3ccccc3-c3ccccc32)c(C(=O)O)n1. The maximum absolute atomic E-state index is 12.6. The molecule has 3 aromatic rings. The van der Waals surface area contributed by atoms with Crippen molar-refractivity contribution < 1.29 is 24.2 Å². The molecule has 0 unspecified atom stereocenters. The lowest BCUT2D eigenvalue weighted by atomic mass is 9.98. The van der Waals surface area contributed by atoms with E-state index in [1.165, 1.54) is 10.9 Å². The van der Waals surface area contributed by atoms with Crippen LogP contribution in [0, 0.1) is 0 Å². The third kappa shape index (κ3) is 5.34. The number of aryl methyl sites for hydroxylation is 1. The standard InChI is InChI=1S/C26H28N4O5/c1-26(2,13-12-22(31)27-21-14-30(3)29-23(21)24(32)33)28-25(34)35-15-20-18-10-6-4-8-16(18)17-9-5-7-11-19(17)20/h4-11,14,20H,12-13,15H2,1-3H3,(H,27,31)(H,28,34)(H,32,33). The number of carbonyl (C=O) groups is 3. The molecule has 1 aliphatic carbocycles. The van der Waals surface area contributed by atoms with Crippen LogP contribution in [0.5, 0.6) is 0 Å². The number of nitrogens with one attached hydrogen (secondary N) is 2. The number of alkyl carbamates (subject to hydrolysis) is 1. The molecule has 0 radical (unpaired) electrons. The highest BCUT2D eigenvalue weighted by Gasteiger charge is 2.30. The van der Waals surface area contributed by atoms with Crippen molar-refractivity contribution in [3.63, 3.8) is 0 Å². The third-order valence-electron chi connectivity index (χ3n) is 6.07. The molecule has 0 atom stereocenters. The van der Waals surface area contributed by atoms with E-state index in [0.29, 0.717) is 6.42 Å². The number of carboxylic acid groups (broad SMARTS) is 1. The molecule has 2 aromatic carbocycles. The molecule has 1 heterocycles. The number of anilines is 1. The van der Waals surface area contributed by atoms with Crippen LogP contribution in [0.2, 0.25) is 0 Å². The molecule has 0 fully saturated rings. The van der Waals surface area contributed by atoms with Crippen molar-refractivity contribution in [1.82, 2.24) is 15.1 Å². The van der Waals surface area contributed by atoms with Crippen molar-refractivity contribution in [2.45, 2.75) is 38.1 Å². The Hall–Kier alpha value is -4.14. The first-order chi connectivity index (χ1) is 16.6. The minimum Gasteiger partial charge on any atom is -0.476 e. The fourth-order valence-electron chi connectivity index (χ4n) is 4.35. The summed E-state index contributed by atoms with van der Waals surface area (Å²) < 4.78 is 6.92. The van der Waals surface area contributed by atoms with Crippen LogP contribution < -0.4 is 10.6 Å².